The van der Waals surface area contributed by atoms with E-state index in [9.17, 15) is 0 Å². The molecule has 2 heteroatoms. The summed E-state index contributed by atoms with van der Waals surface area (Å²) in [6.45, 7) is 3.28. The predicted octanol–water partition coefficient (Wildman–Crippen LogP) is 2.63. The summed E-state index contributed by atoms with van der Waals surface area (Å²) in [5, 5.41) is 3.63. The van der Waals surface area contributed by atoms with Gasteiger partial charge in [-0.25, -0.2) is 0 Å². The molecule has 1 heterocycles. The van der Waals surface area contributed by atoms with Crippen molar-refractivity contribution in [1.82, 2.24) is 5.32 Å². The molecule has 1 saturated heterocycles. The fraction of sp³-hybridized carbons (Fsp3) is 0.538. The SMILES string of the molecule is Cc1cccc(CCNC2CCSC2)c1. The molecular weight excluding hydrogens is 202 g/mol. The summed E-state index contributed by atoms with van der Waals surface area (Å²) in [5.74, 6) is 2.63. The van der Waals surface area contributed by atoms with Crippen LogP contribution in [0.3, 0.4) is 0 Å². The molecule has 1 aromatic carbocycles. The van der Waals surface area contributed by atoms with Crippen LogP contribution in [0.15, 0.2) is 24.3 Å². The second kappa shape index (κ2) is 5.57. The molecule has 0 bridgehead atoms. The molecule has 0 amide bonds. The van der Waals surface area contributed by atoms with Gasteiger partial charge in [0.25, 0.3) is 0 Å². The first-order valence-corrected chi connectivity index (χ1v) is 6.87. The molecule has 1 unspecified atom stereocenters. The van der Waals surface area contributed by atoms with Crippen molar-refractivity contribution >= 4 is 11.8 Å². The minimum atomic E-state index is 0.764. The number of benzene rings is 1. The van der Waals surface area contributed by atoms with Gasteiger partial charge in [-0.15, -0.1) is 0 Å². The first-order valence-electron chi connectivity index (χ1n) is 5.71. The number of hydrogen-bond acceptors (Lipinski definition) is 2. The molecule has 0 saturated carbocycles. The van der Waals surface area contributed by atoms with Gasteiger partial charge in [-0.2, -0.15) is 11.8 Å². The average molecular weight is 221 g/mol. The third-order valence-electron chi connectivity index (χ3n) is 2.86. The summed E-state index contributed by atoms with van der Waals surface area (Å²) in [4.78, 5) is 0. The van der Waals surface area contributed by atoms with Gasteiger partial charge in [0.05, 0.1) is 0 Å². The highest BCUT2D eigenvalue weighted by atomic mass is 32.2. The van der Waals surface area contributed by atoms with Crippen LogP contribution in [-0.2, 0) is 6.42 Å². The van der Waals surface area contributed by atoms with Gasteiger partial charge in [-0.3, -0.25) is 0 Å². The maximum atomic E-state index is 3.63. The Morgan fingerprint density at radius 3 is 3.13 bits per heavy atom. The minimum absolute atomic E-state index is 0.764. The summed E-state index contributed by atoms with van der Waals surface area (Å²) < 4.78 is 0. The Bertz CT molecular complexity index is 305. The van der Waals surface area contributed by atoms with Crippen molar-refractivity contribution in [2.75, 3.05) is 18.1 Å². The predicted molar refractivity (Wildman–Crippen MR) is 68.6 cm³/mol. The number of nitrogens with one attached hydrogen (secondary N) is 1. The minimum Gasteiger partial charge on any atom is -0.313 e. The van der Waals surface area contributed by atoms with Crippen molar-refractivity contribution in [2.24, 2.45) is 0 Å². The van der Waals surface area contributed by atoms with E-state index in [2.05, 4.69) is 48.3 Å². The van der Waals surface area contributed by atoms with E-state index in [1.165, 1.54) is 29.1 Å². The first kappa shape index (κ1) is 11.0. The topological polar surface area (TPSA) is 12.0 Å². The molecular formula is C13H19NS. The van der Waals surface area contributed by atoms with E-state index in [1.54, 1.807) is 0 Å². The van der Waals surface area contributed by atoms with Crippen LogP contribution < -0.4 is 5.32 Å². The van der Waals surface area contributed by atoms with Crippen LogP contribution in [0.25, 0.3) is 0 Å². The monoisotopic (exact) mass is 221 g/mol. The summed E-state index contributed by atoms with van der Waals surface area (Å²) in [6.07, 6.45) is 2.50. The molecule has 1 aromatic rings. The highest BCUT2D eigenvalue weighted by molar-refractivity contribution is 7.99. The second-order valence-electron chi connectivity index (χ2n) is 4.25. The molecule has 82 valence electrons. The lowest BCUT2D eigenvalue weighted by atomic mass is 10.1. The van der Waals surface area contributed by atoms with Crippen molar-refractivity contribution in [3.8, 4) is 0 Å². The molecule has 0 aromatic heterocycles. The molecule has 0 aliphatic carbocycles. The van der Waals surface area contributed by atoms with Crippen molar-refractivity contribution in [3.63, 3.8) is 0 Å². The second-order valence-corrected chi connectivity index (χ2v) is 5.40. The molecule has 0 radical (unpaired) electrons. The number of rotatable bonds is 4. The third-order valence-corrected chi connectivity index (χ3v) is 4.02. The van der Waals surface area contributed by atoms with Crippen LogP contribution in [0.2, 0.25) is 0 Å². The van der Waals surface area contributed by atoms with Gasteiger partial charge in [0.2, 0.25) is 0 Å². The lowest BCUT2D eigenvalue weighted by Gasteiger charge is -2.10. The fourth-order valence-electron chi connectivity index (χ4n) is 1.98. The zero-order chi connectivity index (χ0) is 10.5. The van der Waals surface area contributed by atoms with Gasteiger partial charge in [-0.05, 0) is 37.6 Å². The van der Waals surface area contributed by atoms with Crippen LogP contribution in [0.5, 0.6) is 0 Å². The van der Waals surface area contributed by atoms with Crippen LogP contribution in [-0.4, -0.2) is 24.1 Å². The van der Waals surface area contributed by atoms with Gasteiger partial charge in [0, 0.05) is 11.8 Å². The summed E-state index contributed by atoms with van der Waals surface area (Å²) >= 11 is 2.07. The van der Waals surface area contributed by atoms with Crippen molar-refractivity contribution in [3.05, 3.63) is 35.4 Å². The molecule has 1 atom stereocenters. The maximum absolute atomic E-state index is 3.63. The van der Waals surface area contributed by atoms with Gasteiger partial charge < -0.3 is 5.32 Å². The van der Waals surface area contributed by atoms with Crippen LogP contribution in [0.4, 0.5) is 0 Å². The maximum Gasteiger partial charge on any atom is 0.0166 e. The number of thioether (sulfide) groups is 1. The van der Waals surface area contributed by atoms with Gasteiger partial charge >= 0.3 is 0 Å². The Labute approximate surface area is 96.7 Å². The molecule has 0 spiro atoms. The van der Waals surface area contributed by atoms with Crippen LogP contribution >= 0.6 is 11.8 Å². The number of hydrogen-bond donors (Lipinski definition) is 1. The smallest absolute Gasteiger partial charge is 0.0166 e. The zero-order valence-corrected chi connectivity index (χ0v) is 10.1. The van der Waals surface area contributed by atoms with Gasteiger partial charge in [0.15, 0.2) is 0 Å². The third kappa shape index (κ3) is 3.54. The lowest BCUT2D eigenvalue weighted by molar-refractivity contribution is 0.560. The molecule has 2 rings (SSSR count). The van der Waals surface area contributed by atoms with E-state index >= 15 is 0 Å². The molecule has 1 N–H and O–H groups in total. The number of aryl methyl sites for hydroxylation is 1. The molecule has 1 aliphatic rings. The fourth-order valence-corrected chi connectivity index (χ4v) is 3.17. The normalized spacial score (nSPS) is 20.7. The first-order chi connectivity index (χ1) is 7.34. The molecule has 15 heavy (non-hydrogen) atoms. The Morgan fingerprint density at radius 1 is 1.47 bits per heavy atom. The summed E-state index contributed by atoms with van der Waals surface area (Å²) in [5.41, 5.74) is 2.82. The van der Waals surface area contributed by atoms with Crippen molar-refractivity contribution in [2.45, 2.75) is 25.8 Å². The zero-order valence-electron chi connectivity index (χ0n) is 9.33. The van der Waals surface area contributed by atoms with Gasteiger partial charge in [-0.1, -0.05) is 29.8 Å². The molecule has 1 fully saturated rings. The van der Waals surface area contributed by atoms with Crippen LogP contribution in [0, 0.1) is 6.92 Å². The van der Waals surface area contributed by atoms with E-state index < -0.39 is 0 Å². The summed E-state index contributed by atoms with van der Waals surface area (Å²) in [6, 6.07) is 9.57. The highest BCUT2D eigenvalue weighted by Crippen LogP contribution is 2.16. The average Bonchev–Trinajstić information content (AvgIpc) is 2.71. The largest absolute Gasteiger partial charge is 0.313 e. The lowest BCUT2D eigenvalue weighted by Crippen LogP contribution is -2.30. The Hall–Kier alpha value is -0.470. The van der Waals surface area contributed by atoms with E-state index in [0.717, 1.165) is 19.0 Å². The Kier molecular flexibility index (Phi) is 4.09. The van der Waals surface area contributed by atoms with Crippen LogP contribution in [0.1, 0.15) is 17.5 Å². The van der Waals surface area contributed by atoms with E-state index in [1.807, 2.05) is 0 Å². The summed E-state index contributed by atoms with van der Waals surface area (Å²) in [7, 11) is 0. The van der Waals surface area contributed by atoms with Gasteiger partial charge in [0.1, 0.15) is 0 Å². The Balaban J connectivity index is 1.73. The van der Waals surface area contributed by atoms with Crippen molar-refractivity contribution < 1.29 is 0 Å². The van der Waals surface area contributed by atoms with E-state index in [0.29, 0.717) is 0 Å². The molecule has 1 aliphatic heterocycles. The van der Waals surface area contributed by atoms with Crippen molar-refractivity contribution in [1.29, 1.82) is 0 Å². The molecule has 1 nitrogen and oxygen atoms in total. The van der Waals surface area contributed by atoms with E-state index in [4.69, 9.17) is 0 Å². The Morgan fingerprint density at radius 2 is 2.40 bits per heavy atom. The highest BCUT2D eigenvalue weighted by Gasteiger charge is 2.13. The van der Waals surface area contributed by atoms with E-state index in [-0.39, 0.29) is 0 Å². The standard InChI is InChI=1S/C13H19NS/c1-11-3-2-4-12(9-11)5-7-14-13-6-8-15-10-13/h2-4,9,13-14H,5-8,10H2,1H3. The quantitative estimate of drug-likeness (QED) is 0.839.